The first-order chi connectivity index (χ1) is 9.34. The van der Waals surface area contributed by atoms with Crippen LogP contribution in [0, 0.1) is 0 Å². The van der Waals surface area contributed by atoms with Gasteiger partial charge in [-0.1, -0.05) is 30.3 Å². The van der Waals surface area contributed by atoms with Crippen molar-refractivity contribution in [1.82, 2.24) is 4.98 Å². The molecule has 1 aliphatic carbocycles. The molecule has 3 rings (SSSR count). The molecule has 0 saturated heterocycles. The Bertz CT molecular complexity index is 629. The molecule has 0 aliphatic heterocycles. The number of benzene rings is 1. The van der Waals surface area contributed by atoms with Gasteiger partial charge in [-0.25, -0.2) is 0 Å². The Morgan fingerprint density at radius 3 is 2.79 bits per heavy atom. The summed E-state index contributed by atoms with van der Waals surface area (Å²) in [4.78, 5) is 16.6. The lowest BCUT2D eigenvalue weighted by atomic mass is 9.99. The van der Waals surface area contributed by atoms with E-state index in [2.05, 4.69) is 11.1 Å². The van der Waals surface area contributed by atoms with Crippen molar-refractivity contribution < 1.29 is 4.79 Å². The van der Waals surface area contributed by atoms with Gasteiger partial charge in [0, 0.05) is 23.5 Å². The molecule has 1 aromatic heterocycles. The number of pyridine rings is 1. The van der Waals surface area contributed by atoms with Crippen molar-refractivity contribution in [3.63, 3.8) is 0 Å². The Hall–Kier alpha value is -2.22. The van der Waals surface area contributed by atoms with E-state index in [0.717, 1.165) is 36.0 Å². The molecule has 2 nitrogen and oxygen atoms in total. The number of ketones is 1. The van der Waals surface area contributed by atoms with Crippen LogP contribution in [0.3, 0.4) is 0 Å². The number of hydrogen-bond donors (Lipinski definition) is 0. The quantitative estimate of drug-likeness (QED) is 0.570. The average Bonchev–Trinajstić information content (AvgIpc) is 2.61. The van der Waals surface area contributed by atoms with Crippen molar-refractivity contribution in [2.45, 2.75) is 19.3 Å². The highest BCUT2D eigenvalue weighted by atomic mass is 16.1. The third-order valence-electron chi connectivity index (χ3n) is 3.47. The lowest BCUT2D eigenvalue weighted by Gasteiger charge is -2.04. The van der Waals surface area contributed by atoms with Gasteiger partial charge in [-0.3, -0.25) is 9.78 Å². The summed E-state index contributed by atoms with van der Waals surface area (Å²) in [5.41, 5.74) is 3.90. The van der Waals surface area contributed by atoms with Crippen LogP contribution in [-0.4, -0.2) is 10.8 Å². The molecule has 0 saturated carbocycles. The molecule has 0 amide bonds. The van der Waals surface area contributed by atoms with Crippen molar-refractivity contribution in [3.8, 4) is 0 Å². The number of hydrogen-bond acceptors (Lipinski definition) is 2. The van der Waals surface area contributed by atoms with Crippen LogP contribution in [0.25, 0.3) is 6.08 Å². The third-order valence-corrected chi connectivity index (χ3v) is 3.47. The summed E-state index contributed by atoms with van der Waals surface area (Å²) >= 11 is 0. The largest absolute Gasteiger partial charge is 0.289 e. The van der Waals surface area contributed by atoms with Gasteiger partial charge in [-0.15, -0.1) is 0 Å². The molecule has 0 radical (unpaired) electrons. The normalized spacial score (nSPS) is 17.1. The third kappa shape index (κ3) is 2.48. The number of fused-ring (bicyclic) bond motifs is 1. The Labute approximate surface area is 112 Å². The number of rotatable bonds is 1. The fourth-order valence-corrected chi connectivity index (χ4v) is 2.52. The smallest absolute Gasteiger partial charge is 0.189 e. The molecule has 0 spiro atoms. The molecule has 0 fully saturated rings. The molecular formula is C17H15NO. The lowest BCUT2D eigenvalue weighted by molar-refractivity contribution is 0.103. The molecule has 94 valence electrons. The van der Waals surface area contributed by atoms with Crippen LogP contribution in [0.1, 0.15) is 34.3 Å². The Morgan fingerprint density at radius 2 is 1.95 bits per heavy atom. The molecule has 2 aromatic rings. The molecular weight excluding hydrogens is 234 g/mol. The summed E-state index contributed by atoms with van der Waals surface area (Å²) in [7, 11) is 0. The number of aromatic nitrogens is 1. The summed E-state index contributed by atoms with van der Waals surface area (Å²) in [5.74, 6) is 0.164. The van der Waals surface area contributed by atoms with Crippen molar-refractivity contribution in [1.29, 1.82) is 0 Å². The predicted octanol–water partition coefficient (Wildman–Crippen LogP) is 3.68. The van der Waals surface area contributed by atoms with Gasteiger partial charge in [-0.2, -0.15) is 0 Å². The maximum Gasteiger partial charge on any atom is 0.189 e. The highest BCUT2D eigenvalue weighted by Gasteiger charge is 2.19. The van der Waals surface area contributed by atoms with Gasteiger partial charge in [0.1, 0.15) is 0 Å². The van der Waals surface area contributed by atoms with Crippen LogP contribution in [0.15, 0.2) is 54.4 Å². The Balaban J connectivity index is 2.01. The van der Waals surface area contributed by atoms with E-state index >= 15 is 0 Å². The van der Waals surface area contributed by atoms with Crippen molar-refractivity contribution in [2.75, 3.05) is 0 Å². The maximum absolute atomic E-state index is 12.6. The van der Waals surface area contributed by atoms with Gasteiger partial charge in [-0.05, 0) is 42.5 Å². The zero-order chi connectivity index (χ0) is 13.1. The SMILES string of the molecule is O=C1/C(=C\c2cccnc2)CCCc2ccccc21. The van der Waals surface area contributed by atoms with E-state index in [9.17, 15) is 4.79 Å². The van der Waals surface area contributed by atoms with E-state index in [0.29, 0.717) is 0 Å². The van der Waals surface area contributed by atoms with E-state index in [1.54, 1.807) is 12.4 Å². The second-order valence-electron chi connectivity index (χ2n) is 4.80. The van der Waals surface area contributed by atoms with Crippen LogP contribution in [0.2, 0.25) is 0 Å². The molecule has 1 aliphatic rings. The number of aryl methyl sites for hydroxylation is 1. The minimum atomic E-state index is 0.164. The Kier molecular flexibility index (Phi) is 3.23. The highest BCUT2D eigenvalue weighted by molar-refractivity contribution is 6.12. The second kappa shape index (κ2) is 5.19. The standard InChI is InChI=1S/C17H15NO/c19-17-15(11-13-5-4-10-18-12-13)8-3-7-14-6-1-2-9-16(14)17/h1-2,4-6,9-12H,3,7-8H2/b15-11-. The molecule has 19 heavy (non-hydrogen) atoms. The Morgan fingerprint density at radius 1 is 1.05 bits per heavy atom. The molecule has 1 heterocycles. The summed E-state index contributed by atoms with van der Waals surface area (Å²) in [6.07, 6.45) is 8.34. The van der Waals surface area contributed by atoms with Crippen molar-refractivity contribution >= 4 is 11.9 Å². The summed E-state index contributed by atoms with van der Waals surface area (Å²) in [6, 6.07) is 11.8. The van der Waals surface area contributed by atoms with Gasteiger partial charge in [0.25, 0.3) is 0 Å². The van der Waals surface area contributed by atoms with Crippen LogP contribution in [-0.2, 0) is 6.42 Å². The topological polar surface area (TPSA) is 30.0 Å². The molecule has 0 bridgehead atoms. The number of carbonyl (C=O) groups is 1. The first-order valence-corrected chi connectivity index (χ1v) is 6.58. The van der Waals surface area contributed by atoms with Gasteiger partial charge in [0.2, 0.25) is 0 Å². The van der Waals surface area contributed by atoms with E-state index in [-0.39, 0.29) is 5.78 Å². The summed E-state index contributed by atoms with van der Waals surface area (Å²) < 4.78 is 0. The van der Waals surface area contributed by atoms with Gasteiger partial charge in [0.05, 0.1) is 0 Å². The van der Waals surface area contributed by atoms with E-state index in [1.807, 2.05) is 36.4 Å². The lowest BCUT2D eigenvalue weighted by Crippen LogP contribution is -2.03. The molecule has 0 unspecified atom stereocenters. The van der Waals surface area contributed by atoms with Crippen molar-refractivity contribution in [3.05, 3.63) is 71.1 Å². The predicted molar refractivity (Wildman–Crippen MR) is 75.9 cm³/mol. The molecule has 0 atom stereocenters. The number of nitrogens with zero attached hydrogens (tertiary/aromatic N) is 1. The summed E-state index contributed by atoms with van der Waals surface area (Å²) in [5, 5.41) is 0. The number of Topliss-reactive ketones (excluding diaryl/α,β-unsaturated/α-hetero) is 1. The van der Waals surface area contributed by atoms with Gasteiger partial charge in [0.15, 0.2) is 5.78 Å². The van der Waals surface area contributed by atoms with Crippen LogP contribution in [0.4, 0.5) is 0 Å². The first-order valence-electron chi connectivity index (χ1n) is 6.58. The van der Waals surface area contributed by atoms with E-state index in [1.165, 1.54) is 5.56 Å². The molecule has 1 aromatic carbocycles. The van der Waals surface area contributed by atoms with Gasteiger partial charge < -0.3 is 0 Å². The van der Waals surface area contributed by atoms with E-state index < -0.39 is 0 Å². The fourth-order valence-electron chi connectivity index (χ4n) is 2.52. The average molecular weight is 249 g/mol. The van der Waals surface area contributed by atoms with E-state index in [4.69, 9.17) is 0 Å². The minimum Gasteiger partial charge on any atom is -0.289 e. The highest BCUT2D eigenvalue weighted by Crippen LogP contribution is 2.25. The second-order valence-corrected chi connectivity index (χ2v) is 4.80. The number of carbonyl (C=O) groups excluding carboxylic acids is 1. The molecule has 2 heteroatoms. The minimum absolute atomic E-state index is 0.164. The first kappa shape index (κ1) is 11.8. The maximum atomic E-state index is 12.6. The van der Waals surface area contributed by atoms with Crippen molar-refractivity contribution in [2.24, 2.45) is 0 Å². The van der Waals surface area contributed by atoms with Gasteiger partial charge >= 0.3 is 0 Å². The zero-order valence-corrected chi connectivity index (χ0v) is 10.7. The number of allylic oxidation sites excluding steroid dienone is 1. The molecule has 0 N–H and O–H groups in total. The van der Waals surface area contributed by atoms with Crippen LogP contribution >= 0.6 is 0 Å². The fraction of sp³-hybridized carbons (Fsp3) is 0.176. The zero-order valence-electron chi connectivity index (χ0n) is 10.7. The van der Waals surface area contributed by atoms with Crippen LogP contribution in [0.5, 0.6) is 0 Å². The monoisotopic (exact) mass is 249 g/mol. The van der Waals surface area contributed by atoms with Crippen LogP contribution < -0.4 is 0 Å². The summed E-state index contributed by atoms with van der Waals surface area (Å²) in [6.45, 7) is 0.